The Kier molecular flexibility index (Phi) is 9.03. The predicted molar refractivity (Wildman–Crippen MR) is 159 cm³/mol. The standard InChI is InChI=1S/C32H43N5O2/c1-20-13-21(2)29(31(38)14-20)18-35-32(39)28-15-24(23-7-10-26(34-17-23)19-36(4)5)16-30(22(28)3)37(6)27-11-8-25(33)9-12-27/h7,10,13-17,25,27,29H,8-9,11-12,18-19,33H2,1-6H3,(H,35,39). The van der Waals surface area contributed by atoms with E-state index in [1.54, 1.807) is 6.08 Å². The number of nitrogens with two attached hydrogens (primary N) is 1. The number of carbonyl (C=O) groups excluding carboxylic acids is 2. The fraction of sp³-hybridized carbons (Fsp3) is 0.469. The highest BCUT2D eigenvalue weighted by atomic mass is 16.2. The van der Waals surface area contributed by atoms with Gasteiger partial charge in [-0.25, -0.2) is 0 Å². The first-order chi connectivity index (χ1) is 18.5. The molecule has 3 N–H and O–H groups in total. The Balaban J connectivity index is 1.65. The second-order valence-corrected chi connectivity index (χ2v) is 11.6. The second-order valence-electron chi connectivity index (χ2n) is 11.6. The van der Waals surface area contributed by atoms with Crippen LogP contribution in [0.5, 0.6) is 0 Å². The number of anilines is 1. The zero-order chi connectivity index (χ0) is 28.3. The lowest BCUT2D eigenvalue weighted by Gasteiger charge is -2.36. The van der Waals surface area contributed by atoms with Crippen LogP contribution in [-0.4, -0.2) is 61.3 Å². The number of allylic oxidation sites excluding steroid dienone is 3. The van der Waals surface area contributed by atoms with Crippen molar-refractivity contribution in [3.63, 3.8) is 0 Å². The summed E-state index contributed by atoms with van der Waals surface area (Å²) < 4.78 is 0. The van der Waals surface area contributed by atoms with Crippen LogP contribution < -0.4 is 16.0 Å². The molecule has 2 aliphatic rings. The molecule has 0 bridgehead atoms. The number of benzene rings is 1. The fourth-order valence-electron chi connectivity index (χ4n) is 5.77. The molecule has 1 amide bonds. The smallest absolute Gasteiger partial charge is 0.251 e. The van der Waals surface area contributed by atoms with Crippen LogP contribution in [0.15, 0.2) is 53.8 Å². The lowest BCUT2D eigenvalue weighted by atomic mass is 9.88. The summed E-state index contributed by atoms with van der Waals surface area (Å²) in [5, 5.41) is 3.06. The summed E-state index contributed by atoms with van der Waals surface area (Å²) in [5.41, 5.74) is 13.6. The Morgan fingerprint density at radius 3 is 2.36 bits per heavy atom. The normalized spacial score (nSPS) is 21.4. The third-order valence-electron chi connectivity index (χ3n) is 8.12. The van der Waals surface area contributed by atoms with Crippen molar-refractivity contribution < 1.29 is 9.59 Å². The number of nitrogens with one attached hydrogen (secondary N) is 1. The summed E-state index contributed by atoms with van der Waals surface area (Å²) in [5.74, 6) is -0.458. The van der Waals surface area contributed by atoms with Crippen molar-refractivity contribution in [1.29, 1.82) is 0 Å². The van der Waals surface area contributed by atoms with Gasteiger partial charge in [0.1, 0.15) is 0 Å². The van der Waals surface area contributed by atoms with Crippen LogP contribution in [0.1, 0.15) is 61.1 Å². The predicted octanol–water partition coefficient (Wildman–Crippen LogP) is 4.65. The number of nitrogens with zero attached hydrogens (tertiary/aromatic N) is 3. The zero-order valence-corrected chi connectivity index (χ0v) is 24.3. The maximum absolute atomic E-state index is 13.6. The Morgan fingerprint density at radius 2 is 1.74 bits per heavy atom. The number of amides is 1. The van der Waals surface area contributed by atoms with E-state index < -0.39 is 0 Å². The minimum Gasteiger partial charge on any atom is -0.371 e. The van der Waals surface area contributed by atoms with Crippen molar-refractivity contribution in [2.75, 3.05) is 32.6 Å². The van der Waals surface area contributed by atoms with E-state index in [4.69, 9.17) is 5.73 Å². The lowest BCUT2D eigenvalue weighted by molar-refractivity contribution is -0.117. The van der Waals surface area contributed by atoms with Gasteiger partial charge in [-0.05, 0) is 102 Å². The molecular weight excluding hydrogens is 486 g/mol. The van der Waals surface area contributed by atoms with Crippen molar-refractivity contribution in [1.82, 2.24) is 15.2 Å². The molecule has 0 spiro atoms. The average molecular weight is 530 g/mol. The summed E-state index contributed by atoms with van der Waals surface area (Å²) in [6, 6.07) is 8.89. The van der Waals surface area contributed by atoms with Gasteiger partial charge >= 0.3 is 0 Å². The molecule has 208 valence electrons. The topological polar surface area (TPSA) is 91.6 Å². The van der Waals surface area contributed by atoms with Gasteiger partial charge in [0, 0.05) is 55.2 Å². The van der Waals surface area contributed by atoms with E-state index in [-0.39, 0.29) is 30.2 Å². The third-order valence-corrected chi connectivity index (χ3v) is 8.12. The van der Waals surface area contributed by atoms with Crippen LogP contribution in [-0.2, 0) is 11.3 Å². The Labute approximate surface area is 233 Å². The van der Waals surface area contributed by atoms with Gasteiger partial charge in [-0.2, -0.15) is 0 Å². The van der Waals surface area contributed by atoms with Crippen LogP contribution in [0.25, 0.3) is 11.1 Å². The van der Waals surface area contributed by atoms with Crippen LogP contribution in [0.4, 0.5) is 5.69 Å². The molecule has 2 aliphatic carbocycles. The van der Waals surface area contributed by atoms with E-state index in [9.17, 15) is 9.59 Å². The van der Waals surface area contributed by atoms with Gasteiger partial charge in [-0.15, -0.1) is 0 Å². The Morgan fingerprint density at radius 1 is 1.03 bits per heavy atom. The van der Waals surface area contributed by atoms with Crippen LogP contribution in [0, 0.1) is 12.8 Å². The minimum absolute atomic E-state index is 0.0399. The average Bonchev–Trinajstić information content (AvgIpc) is 2.88. The van der Waals surface area contributed by atoms with Gasteiger partial charge in [0.15, 0.2) is 5.78 Å². The molecule has 0 aliphatic heterocycles. The maximum atomic E-state index is 13.6. The first-order valence-electron chi connectivity index (χ1n) is 13.9. The van der Waals surface area contributed by atoms with E-state index in [0.29, 0.717) is 11.6 Å². The first kappa shape index (κ1) is 28.7. The second kappa shape index (κ2) is 12.3. The number of carbonyl (C=O) groups is 2. The number of hydrogen-bond acceptors (Lipinski definition) is 6. The summed E-state index contributed by atoms with van der Waals surface area (Å²) in [6.45, 7) is 6.93. The Bertz CT molecular complexity index is 1270. The molecular formula is C32H43N5O2. The molecule has 1 aromatic heterocycles. The van der Waals surface area contributed by atoms with Crippen LogP contribution >= 0.6 is 0 Å². The number of rotatable bonds is 8. The Hall–Kier alpha value is -3.29. The maximum Gasteiger partial charge on any atom is 0.251 e. The summed E-state index contributed by atoms with van der Waals surface area (Å²) >= 11 is 0. The quantitative estimate of drug-likeness (QED) is 0.518. The van der Waals surface area contributed by atoms with Crippen LogP contribution in [0.3, 0.4) is 0 Å². The van der Waals surface area contributed by atoms with Crippen molar-refractivity contribution in [3.05, 3.63) is 70.6 Å². The van der Waals surface area contributed by atoms with E-state index in [1.807, 2.05) is 59.3 Å². The van der Waals surface area contributed by atoms with Gasteiger partial charge in [0.2, 0.25) is 0 Å². The SMILES string of the molecule is CC1=CC(=O)C(CNC(=O)c2cc(-c3ccc(CN(C)C)nc3)cc(N(C)C3CCC(N)CC3)c2C)C(C)=C1. The summed E-state index contributed by atoms with van der Waals surface area (Å²) in [7, 11) is 6.17. The van der Waals surface area contributed by atoms with Crippen molar-refractivity contribution >= 4 is 17.4 Å². The van der Waals surface area contributed by atoms with Crippen molar-refractivity contribution in [2.24, 2.45) is 11.7 Å². The third kappa shape index (κ3) is 6.84. The highest BCUT2D eigenvalue weighted by Crippen LogP contribution is 2.34. The molecule has 1 aromatic carbocycles. The molecule has 0 saturated heterocycles. The molecule has 1 saturated carbocycles. The van der Waals surface area contributed by atoms with Crippen LogP contribution in [0.2, 0.25) is 0 Å². The number of hydrogen-bond donors (Lipinski definition) is 2. The molecule has 7 nitrogen and oxygen atoms in total. The molecule has 1 unspecified atom stereocenters. The molecule has 39 heavy (non-hydrogen) atoms. The first-order valence-corrected chi connectivity index (χ1v) is 13.9. The van der Waals surface area contributed by atoms with Gasteiger partial charge in [-0.1, -0.05) is 17.7 Å². The van der Waals surface area contributed by atoms with Gasteiger partial charge in [0.25, 0.3) is 5.91 Å². The van der Waals surface area contributed by atoms with E-state index in [0.717, 1.165) is 71.4 Å². The number of ketones is 1. The fourth-order valence-corrected chi connectivity index (χ4v) is 5.77. The number of pyridine rings is 1. The largest absolute Gasteiger partial charge is 0.371 e. The van der Waals surface area contributed by atoms with Crippen molar-refractivity contribution in [3.8, 4) is 11.1 Å². The molecule has 4 rings (SSSR count). The van der Waals surface area contributed by atoms with Gasteiger partial charge in [0.05, 0.1) is 11.6 Å². The van der Waals surface area contributed by atoms with E-state index >= 15 is 0 Å². The summed E-state index contributed by atoms with van der Waals surface area (Å²) in [4.78, 5) is 35.3. The van der Waals surface area contributed by atoms with Gasteiger partial charge in [-0.3, -0.25) is 14.6 Å². The zero-order valence-electron chi connectivity index (χ0n) is 24.3. The van der Waals surface area contributed by atoms with Gasteiger partial charge < -0.3 is 20.9 Å². The molecule has 2 aromatic rings. The molecule has 7 heteroatoms. The van der Waals surface area contributed by atoms with E-state index in [2.05, 4.69) is 39.3 Å². The minimum atomic E-state index is -0.330. The highest BCUT2D eigenvalue weighted by molar-refractivity contribution is 6.00. The molecule has 1 heterocycles. The number of aromatic nitrogens is 1. The molecule has 0 radical (unpaired) electrons. The van der Waals surface area contributed by atoms with Crippen molar-refractivity contribution in [2.45, 2.75) is 65.1 Å². The molecule has 1 atom stereocenters. The lowest BCUT2D eigenvalue weighted by Crippen LogP contribution is -2.39. The van der Waals surface area contributed by atoms with E-state index in [1.165, 1.54) is 0 Å². The monoisotopic (exact) mass is 529 g/mol. The highest BCUT2D eigenvalue weighted by Gasteiger charge is 2.27. The molecule has 1 fully saturated rings. The summed E-state index contributed by atoms with van der Waals surface area (Å²) in [6.07, 6.45) is 9.64.